The summed E-state index contributed by atoms with van der Waals surface area (Å²) < 4.78 is 5.25. The van der Waals surface area contributed by atoms with E-state index in [0.717, 1.165) is 11.1 Å². The van der Waals surface area contributed by atoms with Gasteiger partial charge in [-0.25, -0.2) is 5.01 Å². The Morgan fingerprint density at radius 3 is 1.96 bits per heavy atom. The van der Waals surface area contributed by atoms with Gasteiger partial charge in [-0.1, -0.05) is 60.7 Å². The number of carbonyl (C=O) groups excluding carboxylic acids is 2. The van der Waals surface area contributed by atoms with Crippen LogP contribution in [0.1, 0.15) is 17.0 Å². The van der Waals surface area contributed by atoms with Gasteiger partial charge in [0.2, 0.25) is 5.91 Å². The molecular formula is C21H25N3O4. The van der Waals surface area contributed by atoms with Gasteiger partial charge >= 0.3 is 0 Å². The molecule has 0 saturated carbocycles. The first-order chi connectivity index (χ1) is 13.7. The zero-order chi connectivity index (χ0) is 19.8. The van der Waals surface area contributed by atoms with Crippen molar-refractivity contribution in [2.75, 3.05) is 32.9 Å². The van der Waals surface area contributed by atoms with Crippen LogP contribution in [0.3, 0.4) is 0 Å². The Labute approximate surface area is 164 Å². The second-order valence-electron chi connectivity index (χ2n) is 6.57. The van der Waals surface area contributed by atoms with E-state index >= 15 is 0 Å². The number of hydrogen-bond donors (Lipinski definition) is 3. The van der Waals surface area contributed by atoms with Gasteiger partial charge in [0.1, 0.15) is 6.04 Å². The average Bonchev–Trinajstić information content (AvgIpc) is 2.74. The van der Waals surface area contributed by atoms with Crippen LogP contribution in [0, 0.1) is 0 Å². The first-order valence-corrected chi connectivity index (χ1v) is 9.33. The number of amides is 2. The Bertz CT molecular complexity index is 724. The van der Waals surface area contributed by atoms with Crippen LogP contribution < -0.4 is 10.7 Å². The molecule has 0 spiro atoms. The van der Waals surface area contributed by atoms with Crippen LogP contribution in [0.5, 0.6) is 0 Å². The first kappa shape index (κ1) is 20.0. The minimum atomic E-state index is -1.04. The molecule has 3 N–H and O–H groups in total. The SMILES string of the molecule is O=C(NN1CCOCC1)C(CO)NC(=O)C(c1ccccc1)c1ccccc1. The number of morpholine rings is 1. The van der Waals surface area contributed by atoms with E-state index in [4.69, 9.17) is 4.74 Å². The summed E-state index contributed by atoms with van der Waals surface area (Å²) in [4.78, 5) is 25.6. The van der Waals surface area contributed by atoms with Crippen LogP contribution in [0.4, 0.5) is 0 Å². The zero-order valence-electron chi connectivity index (χ0n) is 15.6. The van der Waals surface area contributed by atoms with E-state index in [9.17, 15) is 14.7 Å². The molecule has 2 amide bonds. The lowest BCUT2D eigenvalue weighted by Crippen LogP contribution is -2.56. The Balaban J connectivity index is 1.73. The maximum Gasteiger partial charge on any atom is 0.259 e. The van der Waals surface area contributed by atoms with E-state index in [0.29, 0.717) is 26.3 Å². The van der Waals surface area contributed by atoms with Crippen LogP contribution in [-0.4, -0.2) is 60.9 Å². The van der Waals surface area contributed by atoms with Gasteiger partial charge in [-0.05, 0) is 11.1 Å². The summed E-state index contributed by atoms with van der Waals surface area (Å²) in [5.41, 5.74) is 4.37. The van der Waals surface area contributed by atoms with Crippen molar-refractivity contribution in [2.45, 2.75) is 12.0 Å². The molecule has 1 unspecified atom stereocenters. The number of rotatable bonds is 7. The molecule has 148 valence electrons. The second kappa shape index (κ2) is 9.98. The second-order valence-corrected chi connectivity index (χ2v) is 6.57. The van der Waals surface area contributed by atoms with Crippen molar-refractivity contribution in [1.29, 1.82) is 0 Å². The molecule has 1 saturated heterocycles. The molecule has 7 heteroatoms. The highest BCUT2D eigenvalue weighted by molar-refractivity contribution is 5.92. The van der Waals surface area contributed by atoms with Crippen molar-refractivity contribution in [3.63, 3.8) is 0 Å². The topological polar surface area (TPSA) is 90.9 Å². The molecule has 7 nitrogen and oxygen atoms in total. The van der Waals surface area contributed by atoms with Crippen molar-refractivity contribution in [3.8, 4) is 0 Å². The molecule has 1 heterocycles. The molecule has 2 aromatic carbocycles. The van der Waals surface area contributed by atoms with Crippen molar-refractivity contribution in [3.05, 3.63) is 71.8 Å². The van der Waals surface area contributed by atoms with E-state index in [-0.39, 0.29) is 5.91 Å². The van der Waals surface area contributed by atoms with Crippen molar-refractivity contribution in [1.82, 2.24) is 15.8 Å². The van der Waals surface area contributed by atoms with E-state index in [1.54, 1.807) is 5.01 Å². The Morgan fingerprint density at radius 2 is 1.46 bits per heavy atom. The molecule has 1 fully saturated rings. The van der Waals surface area contributed by atoms with Crippen molar-refractivity contribution < 1.29 is 19.4 Å². The van der Waals surface area contributed by atoms with E-state index in [1.165, 1.54) is 0 Å². The monoisotopic (exact) mass is 383 g/mol. The van der Waals surface area contributed by atoms with Gasteiger partial charge in [0.25, 0.3) is 5.91 Å². The predicted octanol–water partition coefficient (Wildman–Crippen LogP) is 0.659. The van der Waals surface area contributed by atoms with Gasteiger partial charge in [0, 0.05) is 13.1 Å². The van der Waals surface area contributed by atoms with Gasteiger partial charge < -0.3 is 15.2 Å². The molecule has 1 aliphatic heterocycles. The van der Waals surface area contributed by atoms with Gasteiger partial charge in [-0.15, -0.1) is 0 Å². The zero-order valence-corrected chi connectivity index (χ0v) is 15.6. The van der Waals surface area contributed by atoms with Crippen LogP contribution in [-0.2, 0) is 14.3 Å². The number of carbonyl (C=O) groups is 2. The third-order valence-electron chi connectivity index (χ3n) is 4.62. The fraction of sp³-hybridized carbons (Fsp3) is 0.333. The molecule has 28 heavy (non-hydrogen) atoms. The normalized spacial score (nSPS) is 15.8. The van der Waals surface area contributed by atoms with Crippen LogP contribution in [0.2, 0.25) is 0 Å². The lowest BCUT2D eigenvalue weighted by atomic mass is 9.90. The van der Waals surface area contributed by atoms with E-state index < -0.39 is 24.5 Å². The van der Waals surface area contributed by atoms with E-state index in [1.807, 2.05) is 60.7 Å². The number of hydrazine groups is 1. The van der Waals surface area contributed by atoms with E-state index in [2.05, 4.69) is 10.7 Å². The number of aliphatic hydroxyl groups excluding tert-OH is 1. The highest BCUT2D eigenvalue weighted by Crippen LogP contribution is 2.24. The first-order valence-electron chi connectivity index (χ1n) is 9.33. The molecule has 0 aromatic heterocycles. The number of nitrogens with one attached hydrogen (secondary N) is 2. The largest absolute Gasteiger partial charge is 0.394 e. The van der Waals surface area contributed by atoms with Gasteiger partial charge in [-0.3, -0.25) is 15.0 Å². The lowest BCUT2D eigenvalue weighted by molar-refractivity contribution is -0.135. The fourth-order valence-corrected chi connectivity index (χ4v) is 3.14. The number of benzene rings is 2. The van der Waals surface area contributed by atoms with Gasteiger partial charge in [-0.2, -0.15) is 0 Å². The number of hydrogen-bond acceptors (Lipinski definition) is 5. The summed E-state index contributed by atoms with van der Waals surface area (Å²) in [6.07, 6.45) is 0. The molecule has 0 aliphatic carbocycles. The van der Waals surface area contributed by atoms with Gasteiger partial charge in [0.15, 0.2) is 0 Å². The molecule has 0 bridgehead atoms. The Kier molecular flexibility index (Phi) is 7.13. The standard InChI is InChI=1S/C21H25N3O4/c25-15-18(20(26)23-24-11-13-28-14-12-24)22-21(27)19(16-7-3-1-4-8-16)17-9-5-2-6-10-17/h1-10,18-19,25H,11-15H2,(H,22,27)(H,23,26). The maximum absolute atomic E-state index is 13.1. The van der Waals surface area contributed by atoms with Crippen LogP contribution in [0.15, 0.2) is 60.7 Å². The highest BCUT2D eigenvalue weighted by atomic mass is 16.5. The smallest absolute Gasteiger partial charge is 0.259 e. The number of nitrogens with zero attached hydrogens (tertiary/aromatic N) is 1. The molecular weight excluding hydrogens is 358 g/mol. The van der Waals surface area contributed by atoms with Gasteiger partial charge in [0.05, 0.1) is 25.7 Å². The average molecular weight is 383 g/mol. The molecule has 1 aliphatic rings. The minimum Gasteiger partial charge on any atom is -0.394 e. The highest BCUT2D eigenvalue weighted by Gasteiger charge is 2.28. The molecule has 3 rings (SSSR count). The lowest BCUT2D eigenvalue weighted by Gasteiger charge is -2.29. The Morgan fingerprint density at radius 1 is 0.929 bits per heavy atom. The van der Waals surface area contributed by atoms with Crippen LogP contribution >= 0.6 is 0 Å². The van der Waals surface area contributed by atoms with Crippen molar-refractivity contribution in [2.24, 2.45) is 0 Å². The molecule has 0 radical (unpaired) electrons. The third-order valence-corrected chi connectivity index (χ3v) is 4.62. The third kappa shape index (κ3) is 5.16. The summed E-state index contributed by atoms with van der Waals surface area (Å²) >= 11 is 0. The van der Waals surface area contributed by atoms with Crippen LogP contribution in [0.25, 0.3) is 0 Å². The Hall–Kier alpha value is -2.74. The summed E-state index contributed by atoms with van der Waals surface area (Å²) in [6, 6.07) is 17.7. The summed E-state index contributed by atoms with van der Waals surface area (Å²) in [7, 11) is 0. The quantitative estimate of drug-likeness (QED) is 0.653. The summed E-state index contributed by atoms with van der Waals surface area (Å²) in [5.74, 6) is -1.36. The maximum atomic E-state index is 13.1. The fourth-order valence-electron chi connectivity index (χ4n) is 3.14. The number of aliphatic hydroxyl groups is 1. The van der Waals surface area contributed by atoms with Crippen molar-refractivity contribution >= 4 is 11.8 Å². The number of ether oxygens (including phenoxy) is 1. The molecule has 2 aromatic rings. The summed E-state index contributed by atoms with van der Waals surface area (Å²) in [5, 5.41) is 14.1. The molecule has 1 atom stereocenters. The minimum absolute atomic E-state index is 0.339. The predicted molar refractivity (Wildman–Crippen MR) is 104 cm³/mol. The summed E-state index contributed by atoms with van der Waals surface area (Å²) in [6.45, 7) is 1.70.